The fourth-order valence-electron chi connectivity index (χ4n) is 2.87. The van der Waals surface area contributed by atoms with Crippen LogP contribution in [0, 0.1) is 0 Å². The molecule has 0 aliphatic heterocycles. The van der Waals surface area contributed by atoms with E-state index in [2.05, 4.69) is 4.99 Å². The number of sulfone groups is 1. The molecule has 174 valence electrons. The second-order valence-electron chi connectivity index (χ2n) is 6.99. The Balaban J connectivity index is 2.11. The van der Waals surface area contributed by atoms with Crippen molar-refractivity contribution in [2.45, 2.75) is 18.0 Å². The molecule has 3 rings (SSSR count). The molecule has 2 aromatic carbocycles. The van der Waals surface area contributed by atoms with Gasteiger partial charge in [-0.25, -0.2) is 13.4 Å². The van der Waals surface area contributed by atoms with Crippen LogP contribution in [0.25, 0.3) is 11.1 Å². The van der Waals surface area contributed by atoms with Gasteiger partial charge in [-0.15, -0.1) is 11.3 Å². The summed E-state index contributed by atoms with van der Waals surface area (Å²) in [6.07, 6.45) is -2.83. The quantitative estimate of drug-likeness (QED) is 0.425. The zero-order valence-electron chi connectivity index (χ0n) is 17.8. The fourth-order valence-corrected chi connectivity index (χ4v) is 4.42. The molecule has 0 bridgehead atoms. The third kappa shape index (κ3) is 6.23. The lowest BCUT2D eigenvalue weighted by atomic mass is 10.1. The van der Waals surface area contributed by atoms with Crippen LogP contribution < -0.4 is 10.5 Å². The monoisotopic (exact) mass is 494 g/mol. The largest absolute Gasteiger partial charge is 0.492 e. The number of hydrogen-bond acceptors (Lipinski definition) is 6. The molecule has 2 N–H and O–H groups in total. The van der Waals surface area contributed by atoms with Gasteiger partial charge in [0.05, 0.1) is 22.1 Å². The number of rotatable bonds is 7. The van der Waals surface area contributed by atoms with Crippen LogP contribution in [0.1, 0.15) is 11.8 Å². The zero-order chi connectivity index (χ0) is 24.2. The van der Waals surface area contributed by atoms with Crippen LogP contribution >= 0.6 is 11.3 Å². The Labute approximate surface area is 194 Å². The summed E-state index contributed by atoms with van der Waals surface area (Å²) < 4.78 is 68.8. The van der Waals surface area contributed by atoms with E-state index in [1.165, 1.54) is 23.5 Å². The van der Waals surface area contributed by atoms with Crippen molar-refractivity contribution in [2.75, 3.05) is 12.9 Å². The number of para-hydroxylation sites is 2. The van der Waals surface area contributed by atoms with Gasteiger partial charge >= 0.3 is 6.18 Å². The predicted molar refractivity (Wildman–Crippen MR) is 125 cm³/mol. The van der Waals surface area contributed by atoms with Gasteiger partial charge in [-0.3, -0.25) is 0 Å². The number of nitrogens with zero attached hydrogens (tertiary/aromatic N) is 1. The van der Waals surface area contributed by atoms with Crippen molar-refractivity contribution in [3.63, 3.8) is 0 Å². The molecule has 0 aliphatic carbocycles. The van der Waals surface area contributed by atoms with Crippen molar-refractivity contribution in [3.05, 3.63) is 76.6 Å². The van der Waals surface area contributed by atoms with Gasteiger partial charge in [0.2, 0.25) is 0 Å². The highest BCUT2D eigenvalue weighted by atomic mass is 32.2. The molecule has 0 amide bonds. The van der Waals surface area contributed by atoms with Crippen LogP contribution in [0.2, 0.25) is 0 Å². The molecular formula is C23H21F3N2O3S2. The molecule has 5 nitrogen and oxygen atoms in total. The van der Waals surface area contributed by atoms with E-state index < -0.39 is 21.7 Å². The maximum atomic E-state index is 13.2. The number of halogens is 3. The molecular weight excluding hydrogens is 473 g/mol. The summed E-state index contributed by atoms with van der Waals surface area (Å²) in [7, 11) is -3.41. The standard InChI is InChI=1S/C23H21F3N2O3S2/c1-3-31-20-10-5-4-9-18(20)28-19(13-22(27)23(24,25)26)21-12-16(14-32-21)15-7-6-8-17(11-15)33(2,29)30/h4-14H,3,27H2,1-2H3/b22-13-,28-19?. The highest BCUT2D eigenvalue weighted by Gasteiger charge is 2.32. The molecule has 0 atom stereocenters. The van der Waals surface area contributed by atoms with Crippen molar-refractivity contribution in [2.24, 2.45) is 10.7 Å². The van der Waals surface area contributed by atoms with Crippen molar-refractivity contribution < 1.29 is 26.3 Å². The average Bonchev–Trinajstić information content (AvgIpc) is 3.24. The maximum Gasteiger partial charge on any atom is 0.430 e. The van der Waals surface area contributed by atoms with Gasteiger partial charge in [-0.05, 0) is 59.8 Å². The number of hydrogen-bond donors (Lipinski definition) is 1. The second-order valence-corrected chi connectivity index (χ2v) is 9.92. The minimum absolute atomic E-state index is 0.00694. The van der Waals surface area contributed by atoms with E-state index in [1.54, 1.807) is 54.8 Å². The summed E-state index contributed by atoms with van der Waals surface area (Å²) in [4.78, 5) is 4.99. The Hall–Kier alpha value is -3.11. The number of alkyl halides is 3. The first-order valence-electron chi connectivity index (χ1n) is 9.73. The summed E-state index contributed by atoms with van der Waals surface area (Å²) in [5.74, 6) is 0.425. The summed E-state index contributed by atoms with van der Waals surface area (Å²) in [5.41, 5.74) is 5.62. The molecule has 0 unspecified atom stereocenters. The summed E-state index contributed by atoms with van der Waals surface area (Å²) >= 11 is 1.17. The molecule has 3 aromatic rings. The molecule has 0 radical (unpaired) electrons. The predicted octanol–water partition coefficient (Wildman–Crippen LogP) is 5.74. The molecule has 0 saturated carbocycles. The average molecular weight is 495 g/mol. The first kappa shape index (κ1) is 24.5. The van der Waals surface area contributed by atoms with Gasteiger partial charge in [0.25, 0.3) is 0 Å². The van der Waals surface area contributed by atoms with Crippen molar-refractivity contribution in [1.82, 2.24) is 0 Å². The van der Waals surface area contributed by atoms with E-state index in [0.717, 1.165) is 12.3 Å². The first-order valence-corrected chi connectivity index (χ1v) is 12.5. The molecule has 33 heavy (non-hydrogen) atoms. The number of ether oxygens (including phenoxy) is 1. The van der Waals surface area contributed by atoms with E-state index in [1.807, 2.05) is 0 Å². The lowest BCUT2D eigenvalue weighted by Gasteiger charge is -2.09. The summed E-state index contributed by atoms with van der Waals surface area (Å²) in [5, 5.41) is 1.72. The van der Waals surface area contributed by atoms with Crippen molar-refractivity contribution in [1.29, 1.82) is 0 Å². The van der Waals surface area contributed by atoms with E-state index >= 15 is 0 Å². The molecule has 0 aliphatic rings. The SMILES string of the molecule is CCOc1ccccc1N=C(/C=C(\N)C(F)(F)F)c1cc(-c2cccc(S(C)(=O)=O)c2)cs1. The van der Waals surface area contributed by atoms with Gasteiger partial charge in [0.1, 0.15) is 17.1 Å². The third-order valence-corrected chi connectivity index (χ3v) is 6.54. The van der Waals surface area contributed by atoms with Crippen LogP contribution in [-0.2, 0) is 9.84 Å². The molecule has 1 aromatic heterocycles. The van der Waals surface area contributed by atoms with Gasteiger partial charge < -0.3 is 10.5 Å². The maximum absolute atomic E-state index is 13.2. The highest BCUT2D eigenvalue weighted by molar-refractivity contribution is 7.90. The number of nitrogens with two attached hydrogens (primary N) is 1. The number of thiophene rings is 1. The Morgan fingerprint density at radius 1 is 1.12 bits per heavy atom. The second kappa shape index (κ2) is 9.80. The van der Waals surface area contributed by atoms with E-state index in [-0.39, 0.29) is 10.6 Å². The highest BCUT2D eigenvalue weighted by Crippen LogP contribution is 2.32. The molecule has 1 heterocycles. The topological polar surface area (TPSA) is 81.8 Å². The Morgan fingerprint density at radius 3 is 2.52 bits per heavy atom. The summed E-state index contributed by atoms with van der Waals surface area (Å²) in [6, 6.07) is 14.7. The van der Waals surface area contributed by atoms with Gasteiger partial charge in [-0.1, -0.05) is 24.3 Å². The normalized spacial score (nSPS) is 13.2. The number of benzene rings is 2. The van der Waals surface area contributed by atoms with Gasteiger partial charge in [-0.2, -0.15) is 13.2 Å². The van der Waals surface area contributed by atoms with Gasteiger partial charge in [0, 0.05) is 6.26 Å². The van der Waals surface area contributed by atoms with Crippen molar-refractivity contribution in [3.8, 4) is 16.9 Å². The Morgan fingerprint density at radius 2 is 1.85 bits per heavy atom. The zero-order valence-corrected chi connectivity index (χ0v) is 19.4. The minimum atomic E-state index is -4.72. The number of aliphatic imine (C=N–C) groups is 1. The van der Waals surface area contributed by atoms with Crippen LogP contribution in [-0.4, -0.2) is 33.2 Å². The fraction of sp³-hybridized carbons (Fsp3) is 0.174. The van der Waals surface area contributed by atoms with Crippen molar-refractivity contribution >= 4 is 32.6 Å². The number of allylic oxidation sites excluding steroid dienone is 2. The molecule has 0 saturated heterocycles. The lowest BCUT2D eigenvalue weighted by Crippen LogP contribution is -2.20. The molecule has 0 fully saturated rings. The third-order valence-electron chi connectivity index (χ3n) is 4.47. The molecule has 0 spiro atoms. The van der Waals surface area contributed by atoms with Crippen LogP contribution in [0.3, 0.4) is 0 Å². The Bertz CT molecular complexity index is 1310. The van der Waals surface area contributed by atoms with Crippen LogP contribution in [0.5, 0.6) is 5.75 Å². The first-order chi connectivity index (χ1) is 15.5. The van der Waals surface area contributed by atoms with E-state index in [4.69, 9.17) is 10.5 Å². The van der Waals surface area contributed by atoms with Gasteiger partial charge in [0.15, 0.2) is 9.84 Å². The molecule has 10 heteroatoms. The lowest BCUT2D eigenvalue weighted by molar-refractivity contribution is -0.0925. The smallest absolute Gasteiger partial charge is 0.430 e. The van der Waals surface area contributed by atoms with Crippen LogP contribution in [0.4, 0.5) is 18.9 Å². The summed E-state index contributed by atoms with van der Waals surface area (Å²) in [6.45, 7) is 2.15. The van der Waals surface area contributed by atoms with Crippen LogP contribution in [0.15, 0.2) is 81.6 Å². The van der Waals surface area contributed by atoms with E-state index in [9.17, 15) is 21.6 Å². The van der Waals surface area contributed by atoms with E-state index in [0.29, 0.717) is 34.0 Å². The Kier molecular flexibility index (Phi) is 7.28. The minimum Gasteiger partial charge on any atom is -0.492 e.